The second-order valence-electron chi connectivity index (χ2n) is 19.5. The number of methoxy groups -OCH3 is 1. The van der Waals surface area contributed by atoms with Crippen LogP contribution in [0.5, 0.6) is 11.8 Å². The summed E-state index contributed by atoms with van der Waals surface area (Å²) in [5.74, 6) is 2.16. The fourth-order valence-electron chi connectivity index (χ4n) is 10.2. The van der Waals surface area contributed by atoms with E-state index in [9.17, 15) is 4.79 Å². The van der Waals surface area contributed by atoms with Crippen LogP contribution in [0.25, 0.3) is 32.9 Å². The molecule has 5 aliphatic rings. The van der Waals surface area contributed by atoms with E-state index < -0.39 is 25.3 Å². The third-order valence-electron chi connectivity index (χ3n) is 13.4. The normalized spacial score (nSPS) is 23.1. The van der Waals surface area contributed by atoms with Gasteiger partial charge in [0.05, 0.1) is 41.4 Å². The number of terminal acetylenes is 1. The molecule has 4 aromatic rings. The fourth-order valence-corrected chi connectivity index (χ4v) is 12.4. The van der Waals surface area contributed by atoms with E-state index in [1.807, 2.05) is 25.7 Å². The molecule has 14 heteroatoms. The minimum atomic E-state index is -1.17. The van der Waals surface area contributed by atoms with Gasteiger partial charge in [0.25, 0.3) is 0 Å². The van der Waals surface area contributed by atoms with Gasteiger partial charge in [-0.05, 0) is 108 Å². The maximum atomic E-state index is 17.7. The van der Waals surface area contributed by atoms with Crippen molar-refractivity contribution < 1.29 is 32.5 Å². The molecule has 3 atom stereocenters. The zero-order valence-corrected chi connectivity index (χ0v) is 36.7. The number of halogens is 2. The molecule has 2 bridgehead atoms. The molecule has 1 amide bonds. The number of hydrogen-bond donors (Lipinski definition) is 0. The number of fused-ring (bicyclic) bond motifs is 6. The quantitative estimate of drug-likeness (QED) is 0.0926. The molecule has 2 aromatic heterocycles. The van der Waals surface area contributed by atoms with E-state index in [0.717, 1.165) is 45.3 Å². The van der Waals surface area contributed by atoms with Crippen LogP contribution >= 0.6 is 0 Å². The van der Waals surface area contributed by atoms with E-state index in [2.05, 4.69) is 28.8 Å². The third-order valence-corrected chi connectivity index (χ3v) is 16.7. The maximum absolute atomic E-state index is 17.7. The number of benzene rings is 2. The zero-order chi connectivity index (χ0) is 42.1. The Kier molecular flexibility index (Phi) is 10.5. The second kappa shape index (κ2) is 15.4. The van der Waals surface area contributed by atoms with Gasteiger partial charge in [-0.1, -0.05) is 31.1 Å². The summed E-state index contributed by atoms with van der Waals surface area (Å²) in [6.07, 6.45) is 11.7. The number of rotatable bonds is 9. The molecule has 9 rings (SSSR count). The molecule has 0 radical (unpaired) electrons. The predicted molar refractivity (Wildman–Crippen MR) is 230 cm³/mol. The Balaban J connectivity index is 1.15. The van der Waals surface area contributed by atoms with Crippen LogP contribution in [-0.4, -0.2) is 109 Å². The molecular formula is C46H56F2N6O5Si. The van der Waals surface area contributed by atoms with Crippen molar-refractivity contribution in [3.05, 3.63) is 47.2 Å². The molecule has 0 N–H and O–H groups in total. The highest BCUT2D eigenvalue weighted by molar-refractivity contribution is 6.77. The summed E-state index contributed by atoms with van der Waals surface area (Å²) in [5.41, 5.74) is 0.302. The van der Waals surface area contributed by atoms with E-state index in [-0.39, 0.29) is 64.8 Å². The fraction of sp³-hybridized carbons (Fsp3) is 0.565. The summed E-state index contributed by atoms with van der Waals surface area (Å²) in [7, 11) is 0.346. The third kappa shape index (κ3) is 7.66. The molecule has 1 saturated carbocycles. The van der Waals surface area contributed by atoms with Crippen molar-refractivity contribution in [2.24, 2.45) is 5.41 Å². The minimum absolute atomic E-state index is 0.000733. The first-order chi connectivity index (χ1) is 28.7. The maximum Gasteiger partial charge on any atom is 0.410 e. The number of piperazine rings is 1. The number of aromatic nitrogens is 3. The average molecular weight is 839 g/mol. The van der Waals surface area contributed by atoms with Crippen molar-refractivity contribution in [1.29, 1.82) is 0 Å². The topological polar surface area (TPSA) is 102 Å². The van der Waals surface area contributed by atoms with Crippen molar-refractivity contribution in [2.45, 2.75) is 115 Å². The Labute approximate surface area is 352 Å². The first kappa shape index (κ1) is 40.8. The van der Waals surface area contributed by atoms with E-state index in [4.69, 9.17) is 40.3 Å². The summed E-state index contributed by atoms with van der Waals surface area (Å²) < 4.78 is 56.7. The lowest BCUT2D eigenvalue weighted by Crippen LogP contribution is -2.62. The molecule has 6 heterocycles. The van der Waals surface area contributed by atoms with Gasteiger partial charge in [0.15, 0.2) is 12.6 Å². The number of carbonyl (C=O) groups excluding carboxylic acids is 1. The highest BCUT2D eigenvalue weighted by Crippen LogP contribution is 2.49. The molecule has 318 valence electrons. The number of aryl methyl sites for hydroxylation is 1. The Morgan fingerprint density at radius 1 is 1.02 bits per heavy atom. The van der Waals surface area contributed by atoms with Gasteiger partial charge < -0.3 is 28.7 Å². The van der Waals surface area contributed by atoms with Gasteiger partial charge in [-0.15, -0.1) is 6.42 Å². The molecular weight excluding hydrogens is 783 g/mol. The van der Waals surface area contributed by atoms with Crippen molar-refractivity contribution in [3.63, 3.8) is 0 Å². The van der Waals surface area contributed by atoms with Gasteiger partial charge in [-0.2, -0.15) is 9.97 Å². The largest absolute Gasteiger partial charge is 0.468 e. The van der Waals surface area contributed by atoms with Crippen LogP contribution in [0.3, 0.4) is 0 Å². The van der Waals surface area contributed by atoms with Crippen LogP contribution in [0.4, 0.5) is 19.4 Å². The van der Waals surface area contributed by atoms with Crippen LogP contribution in [0.15, 0.2) is 24.3 Å². The van der Waals surface area contributed by atoms with Crippen molar-refractivity contribution in [1.82, 2.24) is 24.8 Å². The van der Waals surface area contributed by atoms with Crippen molar-refractivity contribution in [2.75, 3.05) is 51.6 Å². The summed E-state index contributed by atoms with van der Waals surface area (Å²) in [6, 6.07) is 8.64. The van der Waals surface area contributed by atoms with Gasteiger partial charge in [-0.25, -0.2) is 18.6 Å². The average Bonchev–Trinajstić information content (AvgIpc) is 3.95. The van der Waals surface area contributed by atoms with Crippen LogP contribution in [0.2, 0.25) is 25.2 Å². The number of nitrogens with zero attached hydrogens (tertiary/aromatic N) is 6. The Hall–Kier alpha value is -4.58. The smallest absolute Gasteiger partial charge is 0.410 e. The lowest BCUT2D eigenvalue weighted by atomic mass is 9.95. The van der Waals surface area contributed by atoms with Gasteiger partial charge >= 0.3 is 12.1 Å². The van der Waals surface area contributed by atoms with Gasteiger partial charge in [0.2, 0.25) is 0 Å². The summed E-state index contributed by atoms with van der Waals surface area (Å²) >= 11 is 0. The molecule has 60 heavy (non-hydrogen) atoms. The van der Waals surface area contributed by atoms with Crippen molar-refractivity contribution in [3.8, 4) is 35.4 Å². The highest BCUT2D eigenvalue weighted by Gasteiger charge is 2.51. The summed E-state index contributed by atoms with van der Waals surface area (Å²) in [5, 5.41) is 1.43. The zero-order valence-electron chi connectivity index (χ0n) is 35.7. The molecule has 3 saturated heterocycles. The SMILES string of the molecule is C#Cc1c(F)ccc2cc(OCOC)cc(-c3nc4c5c(nc(OCC6(CN7CCC[Si](C)(C)CC7)CC6)nc5c3F)N3C[C@H]5CC[C@@H]([C@H]3CC4)N5C(=O)OC(C)(C)C)c12. The Morgan fingerprint density at radius 3 is 2.58 bits per heavy atom. The molecule has 1 aliphatic carbocycles. The van der Waals surface area contributed by atoms with Crippen LogP contribution < -0.4 is 14.4 Å². The first-order valence-corrected chi connectivity index (χ1v) is 25.0. The molecule has 2 aromatic carbocycles. The lowest BCUT2D eigenvalue weighted by molar-refractivity contribution is 0.00720. The number of hydrogen-bond acceptors (Lipinski definition) is 10. The molecule has 0 spiro atoms. The minimum Gasteiger partial charge on any atom is -0.468 e. The highest BCUT2D eigenvalue weighted by atomic mass is 28.3. The number of pyridine rings is 1. The van der Waals surface area contributed by atoms with Crippen molar-refractivity contribution >= 4 is 41.7 Å². The standard InChI is InChI=1S/C46H56F2N6O5Si/c1-8-31-33(47)12-10-28-22-30(58-27-56-5)23-32(37(28)31)40-39(48)41-38-34(49-40)13-15-35-36-14-11-29(54(36)44(55)59-45(2,3)4)24-53(35)42(38)51-43(50-41)57-26-46(16-17-46)25-52-18-9-20-60(6,7)21-19-52/h1,10,12,22-23,29,35-36H,9,11,13-21,24-27H2,2-7H3/t29-,35-,36+/m1/s1. The summed E-state index contributed by atoms with van der Waals surface area (Å²) in [4.78, 5) is 35.6. The predicted octanol–water partition coefficient (Wildman–Crippen LogP) is 8.56. The lowest BCUT2D eigenvalue weighted by Gasteiger charge is -2.47. The number of ether oxygens (including phenoxy) is 4. The van der Waals surface area contributed by atoms with Gasteiger partial charge in [-0.3, -0.25) is 4.90 Å². The first-order valence-electron chi connectivity index (χ1n) is 21.5. The molecule has 4 aliphatic heterocycles. The number of anilines is 1. The molecule has 0 unspecified atom stereocenters. The number of carbonyl (C=O) groups is 1. The van der Waals surface area contributed by atoms with Gasteiger partial charge in [0.1, 0.15) is 34.2 Å². The van der Waals surface area contributed by atoms with Crippen LogP contribution in [0, 0.1) is 29.4 Å². The molecule has 11 nitrogen and oxygen atoms in total. The Morgan fingerprint density at radius 2 is 1.83 bits per heavy atom. The second-order valence-corrected chi connectivity index (χ2v) is 24.8. The van der Waals surface area contributed by atoms with E-state index in [1.54, 1.807) is 18.2 Å². The summed E-state index contributed by atoms with van der Waals surface area (Å²) in [6.45, 7) is 14.7. The Bertz CT molecular complexity index is 2400. The van der Waals surface area contributed by atoms with Crippen LogP contribution in [0.1, 0.15) is 70.6 Å². The number of amides is 1. The van der Waals surface area contributed by atoms with Gasteiger partial charge in [0, 0.05) is 44.6 Å². The molecule has 4 fully saturated rings. The van der Waals surface area contributed by atoms with E-state index in [0.29, 0.717) is 59.4 Å². The van der Waals surface area contributed by atoms with E-state index in [1.165, 1.54) is 31.7 Å². The van der Waals surface area contributed by atoms with E-state index >= 15 is 8.78 Å². The van der Waals surface area contributed by atoms with Crippen LogP contribution in [-0.2, 0) is 15.9 Å². The monoisotopic (exact) mass is 838 g/mol.